The molecule has 1 amide bonds. The molecule has 0 saturated carbocycles. The van der Waals surface area contributed by atoms with Crippen LogP contribution in [-0.2, 0) is 30.7 Å². The van der Waals surface area contributed by atoms with E-state index in [1.54, 1.807) is 12.1 Å². The molecule has 0 saturated heterocycles. The summed E-state index contributed by atoms with van der Waals surface area (Å²) in [6.07, 6.45) is 2.28. The van der Waals surface area contributed by atoms with Gasteiger partial charge in [0.15, 0.2) is 0 Å². The molecule has 0 fully saturated rings. The first-order valence-corrected chi connectivity index (χ1v) is 8.55. The van der Waals surface area contributed by atoms with Gasteiger partial charge >= 0.3 is 5.97 Å². The zero-order valence-electron chi connectivity index (χ0n) is 14.1. The van der Waals surface area contributed by atoms with Gasteiger partial charge in [0.05, 0.1) is 18.0 Å². The molecule has 2 aliphatic heterocycles. The second kappa shape index (κ2) is 5.98. The molecule has 0 aliphatic carbocycles. The number of nitrogens with zero attached hydrogens (tertiary/aromatic N) is 4. The Kier molecular flexibility index (Phi) is 3.78. The van der Waals surface area contributed by atoms with Gasteiger partial charge in [-0.15, -0.1) is 0 Å². The Labute approximate surface area is 145 Å². The van der Waals surface area contributed by atoms with Gasteiger partial charge in [-0.05, 0) is 43.0 Å². The fourth-order valence-electron chi connectivity index (χ4n) is 3.77. The van der Waals surface area contributed by atoms with Gasteiger partial charge in [0.2, 0.25) is 5.91 Å². The highest BCUT2D eigenvalue weighted by atomic mass is 16.4. The Bertz CT molecular complexity index is 858. The smallest absolute Gasteiger partial charge is 0.335 e. The van der Waals surface area contributed by atoms with Crippen molar-refractivity contribution in [2.45, 2.75) is 39.3 Å². The molecule has 2 aromatic rings. The molecule has 2 aliphatic rings. The molecule has 1 N–H and O–H groups in total. The lowest BCUT2D eigenvalue weighted by molar-refractivity contribution is -0.137. The largest absolute Gasteiger partial charge is 0.478 e. The molecule has 3 heterocycles. The molecule has 0 spiro atoms. The summed E-state index contributed by atoms with van der Waals surface area (Å²) < 4.78 is 1.86. The van der Waals surface area contributed by atoms with Crippen molar-refractivity contribution in [3.05, 3.63) is 46.5 Å². The number of aromatic nitrogens is 3. The van der Waals surface area contributed by atoms with Crippen LogP contribution in [0.25, 0.3) is 0 Å². The van der Waals surface area contributed by atoms with Crippen LogP contribution in [0.5, 0.6) is 0 Å². The van der Waals surface area contributed by atoms with E-state index < -0.39 is 5.97 Å². The molecule has 7 heteroatoms. The highest BCUT2D eigenvalue weighted by Gasteiger charge is 2.31. The number of fused-ring (bicyclic) bond motifs is 2. The van der Waals surface area contributed by atoms with E-state index in [2.05, 4.69) is 10.1 Å². The van der Waals surface area contributed by atoms with E-state index in [1.807, 2.05) is 22.6 Å². The lowest BCUT2D eigenvalue weighted by Crippen LogP contribution is -2.42. The number of rotatable bonds is 2. The molecule has 25 heavy (non-hydrogen) atoms. The molecule has 1 atom stereocenters. The number of amides is 1. The minimum atomic E-state index is -0.914. The first-order valence-electron chi connectivity index (χ1n) is 8.55. The molecular weight excluding hydrogens is 320 g/mol. The van der Waals surface area contributed by atoms with Crippen LogP contribution < -0.4 is 0 Å². The van der Waals surface area contributed by atoms with E-state index in [1.165, 1.54) is 0 Å². The van der Waals surface area contributed by atoms with Crippen molar-refractivity contribution in [1.82, 2.24) is 19.7 Å². The Hall–Kier alpha value is -2.70. The summed E-state index contributed by atoms with van der Waals surface area (Å²) in [6, 6.07) is 5.17. The zero-order valence-corrected chi connectivity index (χ0v) is 14.1. The average molecular weight is 340 g/mol. The van der Waals surface area contributed by atoms with Crippen LogP contribution in [-0.4, -0.2) is 43.2 Å². The fourth-order valence-corrected chi connectivity index (χ4v) is 3.77. The highest BCUT2D eigenvalue weighted by molar-refractivity contribution is 5.88. The summed E-state index contributed by atoms with van der Waals surface area (Å²) in [4.78, 5) is 30.3. The van der Waals surface area contributed by atoms with Gasteiger partial charge in [-0.25, -0.2) is 14.5 Å². The number of carbonyl (C=O) groups is 2. The minimum Gasteiger partial charge on any atom is -0.478 e. The normalized spacial score (nSPS) is 19.2. The number of hydrogen-bond donors (Lipinski definition) is 1. The van der Waals surface area contributed by atoms with Crippen LogP contribution in [0.2, 0.25) is 0 Å². The molecule has 1 aromatic carbocycles. The monoisotopic (exact) mass is 340 g/mol. The molecule has 4 rings (SSSR count). The molecule has 1 aromatic heterocycles. The number of carboxylic acid groups (broad SMARTS) is 1. The first-order chi connectivity index (χ1) is 12.0. The number of carboxylic acids is 1. The SMILES string of the molecule is Cc1nc2n(n1)CC(C(=O)N1CCc3cc(C(=O)O)ccc3C1)CC2. The Morgan fingerprint density at radius 3 is 2.88 bits per heavy atom. The second-order valence-electron chi connectivity index (χ2n) is 6.79. The molecule has 7 nitrogen and oxygen atoms in total. The van der Waals surface area contributed by atoms with Gasteiger partial charge in [0.1, 0.15) is 11.6 Å². The van der Waals surface area contributed by atoms with Crippen molar-refractivity contribution >= 4 is 11.9 Å². The van der Waals surface area contributed by atoms with Gasteiger partial charge < -0.3 is 10.0 Å². The van der Waals surface area contributed by atoms with Crippen molar-refractivity contribution < 1.29 is 14.7 Å². The number of aryl methyl sites for hydroxylation is 2. The van der Waals surface area contributed by atoms with Crippen LogP contribution in [0.3, 0.4) is 0 Å². The van der Waals surface area contributed by atoms with Crippen LogP contribution >= 0.6 is 0 Å². The standard InChI is InChI=1S/C18H20N4O3/c1-11-19-16-5-4-15(10-22(16)20-11)17(23)21-7-6-12-8-13(18(24)25)2-3-14(12)9-21/h2-3,8,15H,4-7,9-10H2,1H3,(H,24,25). The lowest BCUT2D eigenvalue weighted by Gasteiger charge is -2.33. The molecule has 0 radical (unpaired) electrons. The topological polar surface area (TPSA) is 88.3 Å². The van der Waals surface area contributed by atoms with Crippen LogP contribution in [0, 0.1) is 12.8 Å². The third-order valence-electron chi connectivity index (χ3n) is 5.09. The summed E-state index contributed by atoms with van der Waals surface area (Å²) in [6.45, 7) is 3.65. The van der Waals surface area contributed by atoms with E-state index in [9.17, 15) is 9.59 Å². The van der Waals surface area contributed by atoms with Gasteiger partial charge in [-0.2, -0.15) is 5.10 Å². The predicted octanol–water partition coefficient (Wildman–Crippen LogP) is 1.43. The maximum atomic E-state index is 12.9. The van der Waals surface area contributed by atoms with E-state index in [0.717, 1.165) is 35.6 Å². The quantitative estimate of drug-likeness (QED) is 0.893. The summed E-state index contributed by atoms with van der Waals surface area (Å²) in [5, 5.41) is 13.5. The molecule has 130 valence electrons. The van der Waals surface area contributed by atoms with Crippen molar-refractivity contribution in [3.63, 3.8) is 0 Å². The predicted molar refractivity (Wildman–Crippen MR) is 89.1 cm³/mol. The summed E-state index contributed by atoms with van der Waals surface area (Å²) in [7, 11) is 0. The summed E-state index contributed by atoms with van der Waals surface area (Å²) in [5.74, 6) is 0.902. The van der Waals surface area contributed by atoms with E-state index >= 15 is 0 Å². The molecule has 1 unspecified atom stereocenters. The van der Waals surface area contributed by atoms with E-state index in [0.29, 0.717) is 31.6 Å². The van der Waals surface area contributed by atoms with Crippen molar-refractivity contribution in [2.24, 2.45) is 5.92 Å². The fraction of sp³-hybridized carbons (Fsp3) is 0.444. The average Bonchev–Trinajstić information content (AvgIpc) is 2.99. The maximum Gasteiger partial charge on any atom is 0.335 e. The highest BCUT2D eigenvalue weighted by Crippen LogP contribution is 2.25. The lowest BCUT2D eigenvalue weighted by atomic mass is 9.94. The zero-order chi connectivity index (χ0) is 17.6. The minimum absolute atomic E-state index is 0.0616. The van der Waals surface area contributed by atoms with Crippen molar-refractivity contribution in [2.75, 3.05) is 6.54 Å². The number of benzene rings is 1. The maximum absolute atomic E-state index is 12.9. The number of hydrogen-bond acceptors (Lipinski definition) is 4. The second-order valence-corrected chi connectivity index (χ2v) is 6.79. The molecular formula is C18H20N4O3. The van der Waals surface area contributed by atoms with Gasteiger partial charge in [0, 0.05) is 19.5 Å². The van der Waals surface area contributed by atoms with E-state index in [4.69, 9.17) is 5.11 Å². The number of carbonyl (C=O) groups excluding carboxylic acids is 1. The van der Waals surface area contributed by atoms with Crippen molar-refractivity contribution in [1.29, 1.82) is 0 Å². The Morgan fingerprint density at radius 2 is 2.08 bits per heavy atom. The van der Waals surface area contributed by atoms with Crippen LogP contribution in [0.15, 0.2) is 18.2 Å². The van der Waals surface area contributed by atoms with Crippen LogP contribution in [0.1, 0.15) is 39.6 Å². The third-order valence-corrected chi connectivity index (χ3v) is 5.09. The Balaban J connectivity index is 1.48. The van der Waals surface area contributed by atoms with Gasteiger partial charge in [-0.3, -0.25) is 4.79 Å². The van der Waals surface area contributed by atoms with Gasteiger partial charge in [-0.1, -0.05) is 6.07 Å². The van der Waals surface area contributed by atoms with Crippen LogP contribution in [0.4, 0.5) is 0 Å². The van der Waals surface area contributed by atoms with Gasteiger partial charge in [0.25, 0.3) is 0 Å². The summed E-state index contributed by atoms with van der Waals surface area (Å²) >= 11 is 0. The third kappa shape index (κ3) is 2.90. The molecule has 0 bridgehead atoms. The first kappa shape index (κ1) is 15.8. The van der Waals surface area contributed by atoms with Crippen molar-refractivity contribution in [3.8, 4) is 0 Å². The number of aromatic carboxylic acids is 1. The van der Waals surface area contributed by atoms with E-state index in [-0.39, 0.29) is 11.8 Å². The summed E-state index contributed by atoms with van der Waals surface area (Å²) in [5.41, 5.74) is 2.37. The Morgan fingerprint density at radius 1 is 1.24 bits per heavy atom.